The van der Waals surface area contributed by atoms with Crippen LogP contribution in [0, 0.1) is 25.5 Å². The zero-order chi connectivity index (χ0) is 11.4. The second-order valence-electron chi connectivity index (χ2n) is 4.29. The quantitative estimate of drug-likeness (QED) is 0.527. The molecule has 0 amide bonds. The minimum absolute atomic E-state index is 0.260. The van der Waals surface area contributed by atoms with Gasteiger partial charge in [-0.15, -0.1) is 0 Å². The van der Waals surface area contributed by atoms with Crippen molar-refractivity contribution in [1.82, 2.24) is 0 Å². The minimum Gasteiger partial charge on any atom is -0.207 e. The van der Waals surface area contributed by atoms with Gasteiger partial charge in [-0.05, 0) is 71.5 Å². The molecule has 0 fully saturated rings. The number of halogens is 2. The summed E-state index contributed by atoms with van der Waals surface area (Å²) >= 11 is 0. The van der Waals surface area contributed by atoms with Crippen molar-refractivity contribution in [1.29, 1.82) is 0 Å². The van der Waals surface area contributed by atoms with Gasteiger partial charge in [0.2, 0.25) is 0 Å². The first-order valence-corrected chi connectivity index (χ1v) is 5.19. The molecule has 80 valence electrons. The zero-order valence-corrected chi connectivity index (χ0v) is 9.07. The van der Waals surface area contributed by atoms with E-state index in [0.717, 1.165) is 33.4 Å². The van der Waals surface area contributed by atoms with E-state index in [1.54, 1.807) is 0 Å². The first kappa shape index (κ1) is 9.52. The Morgan fingerprint density at radius 1 is 0.688 bits per heavy atom. The Hall–Kier alpha value is -1.70. The lowest BCUT2D eigenvalue weighted by Crippen LogP contribution is -2.05. The minimum atomic E-state index is -0.260. The lowest BCUT2D eigenvalue weighted by atomic mass is 9.76. The second-order valence-corrected chi connectivity index (χ2v) is 4.29. The highest BCUT2D eigenvalue weighted by atomic mass is 19.1. The summed E-state index contributed by atoms with van der Waals surface area (Å²) in [5.41, 5.74) is 5.61. The Balaban J connectivity index is 2.34. The molecule has 0 radical (unpaired) electrons. The summed E-state index contributed by atoms with van der Waals surface area (Å²) < 4.78 is 26.5. The van der Waals surface area contributed by atoms with E-state index in [9.17, 15) is 8.78 Å². The van der Waals surface area contributed by atoms with E-state index in [-0.39, 0.29) is 11.6 Å². The van der Waals surface area contributed by atoms with Gasteiger partial charge in [0.1, 0.15) is 11.6 Å². The Morgan fingerprint density at radius 2 is 1.06 bits per heavy atom. The number of fused-ring (bicyclic) bond motifs is 4. The van der Waals surface area contributed by atoms with Crippen LogP contribution >= 0.6 is 0 Å². The standard InChI is InChI=1S/C14H10F2/c1-7-3-9(15)5-11-12-6-10(16)4-8(2)14(12)13(7)11/h3-6H,1-2H3. The summed E-state index contributed by atoms with van der Waals surface area (Å²) in [4.78, 5) is 0. The Bertz CT molecular complexity index is 557. The van der Waals surface area contributed by atoms with Gasteiger partial charge in [-0.25, -0.2) is 8.78 Å². The molecule has 0 bridgehead atoms. The Labute approximate surface area is 92.5 Å². The van der Waals surface area contributed by atoms with Gasteiger partial charge in [0.05, 0.1) is 0 Å². The normalized spacial score (nSPS) is 11.8. The highest BCUT2D eigenvalue weighted by molar-refractivity contribution is 6.05. The second kappa shape index (κ2) is 2.91. The lowest BCUT2D eigenvalue weighted by Gasteiger charge is -2.28. The largest absolute Gasteiger partial charge is 0.207 e. The van der Waals surface area contributed by atoms with E-state index < -0.39 is 0 Å². The van der Waals surface area contributed by atoms with Crippen LogP contribution in [-0.2, 0) is 0 Å². The monoisotopic (exact) mass is 216 g/mol. The van der Waals surface area contributed by atoms with Gasteiger partial charge in [0.15, 0.2) is 0 Å². The summed E-state index contributed by atoms with van der Waals surface area (Å²) in [7, 11) is 0. The molecule has 16 heavy (non-hydrogen) atoms. The highest BCUT2D eigenvalue weighted by Gasteiger charge is 2.27. The number of rotatable bonds is 0. The van der Waals surface area contributed by atoms with Gasteiger partial charge in [0, 0.05) is 0 Å². The lowest BCUT2D eigenvalue weighted by molar-refractivity contribution is 0.624. The molecule has 0 aliphatic heterocycles. The molecule has 0 atom stereocenters. The van der Waals surface area contributed by atoms with Crippen LogP contribution in [0.4, 0.5) is 8.78 Å². The average molecular weight is 216 g/mol. The molecule has 2 aromatic rings. The summed E-state index contributed by atoms with van der Waals surface area (Å²) in [6.07, 6.45) is 0. The average Bonchev–Trinajstić information content (AvgIpc) is 2.16. The van der Waals surface area contributed by atoms with E-state index >= 15 is 0 Å². The smallest absolute Gasteiger partial charge is 0.124 e. The van der Waals surface area contributed by atoms with E-state index in [1.807, 2.05) is 13.8 Å². The highest BCUT2D eigenvalue weighted by Crippen LogP contribution is 2.50. The van der Waals surface area contributed by atoms with E-state index in [2.05, 4.69) is 0 Å². The number of aryl methyl sites for hydroxylation is 2. The fourth-order valence-corrected chi connectivity index (χ4v) is 2.51. The van der Waals surface area contributed by atoms with Crippen molar-refractivity contribution in [3.05, 3.63) is 47.0 Å². The third-order valence-corrected chi connectivity index (χ3v) is 3.14. The number of hydrogen-bond donors (Lipinski definition) is 0. The van der Waals surface area contributed by atoms with Crippen molar-refractivity contribution < 1.29 is 8.78 Å². The molecule has 2 heteroatoms. The first-order valence-electron chi connectivity index (χ1n) is 5.19. The molecule has 0 saturated carbocycles. The van der Waals surface area contributed by atoms with Crippen LogP contribution in [-0.4, -0.2) is 0 Å². The molecule has 0 unspecified atom stereocenters. The van der Waals surface area contributed by atoms with Crippen molar-refractivity contribution in [3.63, 3.8) is 0 Å². The molecule has 0 spiro atoms. The molecule has 1 aliphatic rings. The summed E-state index contributed by atoms with van der Waals surface area (Å²) in [5.74, 6) is -0.521. The van der Waals surface area contributed by atoms with Gasteiger partial charge < -0.3 is 0 Å². The molecule has 1 aliphatic carbocycles. The van der Waals surface area contributed by atoms with Gasteiger partial charge in [-0.2, -0.15) is 0 Å². The Kier molecular flexibility index (Phi) is 1.73. The molecule has 0 saturated heterocycles. The molecule has 2 aromatic carbocycles. The van der Waals surface area contributed by atoms with Crippen molar-refractivity contribution >= 4 is 0 Å². The van der Waals surface area contributed by atoms with Gasteiger partial charge in [-0.1, -0.05) is 0 Å². The van der Waals surface area contributed by atoms with Crippen LogP contribution in [0.15, 0.2) is 24.3 Å². The summed E-state index contributed by atoms with van der Waals surface area (Å²) in [6, 6.07) is 5.99. The fourth-order valence-electron chi connectivity index (χ4n) is 2.51. The van der Waals surface area contributed by atoms with Crippen LogP contribution in [0.2, 0.25) is 0 Å². The fraction of sp³-hybridized carbons (Fsp3) is 0.143. The molecule has 0 aromatic heterocycles. The molecular weight excluding hydrogens is 206 g/mol. The SMILES string of the molecule is Cc1cc(F)cc2c1-c1c(C)cc(F)cc1-2. The molecule has 0 N–H and O–H groups in total. The summed E-state index contributed by atoms with van der Waals surface area (Å²) in [5, 5.41) is 0. The van der Waals surface area contributed by atoms with Gasteiger partial charge in [0.25, 0.3) is 0 Å². The molecule has 0 heterocycles. The van der Waals surface area contributed by atoms with Crippen LogP contribution in [0.1, 0.15) is 11.1 Å². The van der Waals surface area contributed by atoms with Crippen LogP contribution in [0.5, 0.6) is 0 Å². The van der Waals surface area contributed by atoms with Gasteiger partial charge >= 0.3 is 0 Å². The predicted molar refractivity (Wildman–Crippen MR) is 60.3 cm³/mol. The maximum absolute atomic E-state index is 13.2. The number of benzene rings is 2. The van der Waals surface area contributed by atoms with E-state index in [4.69, 9.17) is 0 Å². The van der Waals surface area contributed by atoms with Crippen molar-refractivity contribution in [2.45, 2.75) is 13.8 Å². The van der Waals surface area contributed by atoms with Crippen LogP contribution < -0.4 is 0 Å². The molecular formula is C14H10F2. The molecule has 0 nitrogen and oxygen atoms in total. The third kappa shape index (κ3) is 1.07. The van der Waals surface area contributed by atoms with Crippen molar-refractivity contribution in [2.75, 3.05) is 0 Å². The number of hydrogen-bond acceptors (Lipinski definition) is 0. The van der Waals surface area contributed by atoms with Crippen molar-refractivity contribution in [2.24, 2.45) is 0 Å². The first-order chi connectivity index (χ1) is 7.58. The maximum atomic E-state index is 13.2. The third-order valence-electron chi connectivity index (χ3n) is 3.14. The predicted octanol–water partition coefficient (Wildman–Crippen LogP) is 4.23. The Morgan fingerprint density at radius 3 is 1.44 bits per heavy atom. The zero-order valence-electron chi connectivity index (χ0n) is 9.07. The van der Waals surface area contributed by atoms with Crippen LogP contribution in [0.25, 0.3) is 22.3 Å². The van der Waals surface area contributed by atoms with Crippen molar-refractivity contribution in [3.8, 4) is 22.3 Å². The van der Waals surface area contributed by atoms with E-state index in [0.29, 0.717) is 0 Å². The van der Waals surface area contributed by atoms with E-state index in [1.165, 1.54) is 24.3 Å². The maximum Gasteiger partial charge on any atom is 0.124 e. The van der Waals surface area contributed by atoms with Crippen LogP contribution in [0.3, 0.4) is 0 Å². The molecule has 3 rings (SSSR count). The topological polar surface area (TPSA) is 0 Å². The van der Waals surface area contributed by atoms with Gasteiger partial charge in [-0.3, -0.25) is 0 Å². The summed E-state index contributed by atoms with van der Waals surface area (Å²) in [6.45, 7) is 3.77.